The SMILES string of the molecule is CSc1c(F)cc(C)c(C)c1CC(=O)O. The summed E-state index contributed by atoms with van der Waals surface area (Å²) in [6, 6.07) is 1.45. The summed E-state index contributed by atoms with van der Waals surface area (Å²) in [4.78, 5) is 11.1. The van der Waals surface area contributed by atoms with Crippen LogP contribution in [0.5, 0.6) is 0 Å². The fraction of sp³-hybridized carbons (Fsp3) is 0.364. The summed E-state index contributed by atoms with van der Waals surface area (Å²) in [7, 11) is 0. The number of thioether (sulfide) groups is 1. The Balaban J connectivity index is 3.36. The van der Waals surface area contributed by atoms with Gasteiger partial charge >= 0.3 is 5.97 Å². The Hall–Kier alpha value is -1.03. The lowest BCUT2D eigenvalue weighted by Crippen LogP contribution is -2.06. The minimum atomic E-state index is -0.932. The molecule has 1 N–H and O–H groups in total. The van der Waals surface area contributed by atoms with Gasteiger partial charge in [-0.15, -0.1) is 11.8 Å². The number of carboxylic acid groups (broad SMARTS) is 1. The smallest absolute Gasteiger partial charge is 0.307 e. The first-order chi connectivity index (χ1) is 6.97. The number of hydrogen-bond donors (Lipinski definition) is 1. The van der Waals surface area contributed by atoms with E-state index in [2.05, 4.69) is 0 Å². The lowest BCUT2D eigenvalue weighted by atomic mass is 10.0. The average molecular weight is 228 g/mol. The van der Waals surface area contributed by atoms with Crippen molar-refractivity contribution in [2.24, 2.45) is 0 Å². The van der Waals surface area contributed by atoms with Gasteiger partial charge in [-0.3, -0.25) is 4.79 Å². The van der Waals surface area contributed by atoms with E-state index < -0.39 is 5.97 Å². The van der Waals surface area contributed by atoms with Gasteiger partial charge in [0.2, 0.25) is 0 Å². The van der Waals surface area contributed by atoms with E-state index in [1.54, 1.807) is 13.2 Å². The van der Waals surface area contributed by atoms with Gasteiger partial charge in [0, 0.05) is 4.90 Å². The quantitative estimate of drug-likeness (QED) is 0.808. The van der Waals surface area contributed by atoms with Crippen LogP contribution >= 0.6 is 11.8 Å². The summed E-state index contributed by atoms with van der Waals surface area (Å²) in [5, 5.41) is 8.76. The van der Waals surface area contributed by atoms with Gasteiger partial charge in [0.05, 0.1) is 6.42 Å². The zero-order valence-corrected chi connectivity index (χ0v) is 9.74. The normalized spacial score (nSPS) is 10.4. The number of benzene rings is 1. The highest BCUT2D eigenvalue weighted by Gasteiger charge is 2.15. The molecule has 0 aliphatic rings. The lowest BCUT2D eigenvalue weighted by Gasteiger charge is -2.12. The van der Waals surface area contributed by atoms with Gasteiger partial charge in [0.25, 0.3) is 0 Å². The van der Waals surface area contributed by atoms with Crippen LogP contribution in [-0.2, 0) is 11.2 Å². The van der Waals surface area contributed by atoms with E-state index in [1.165, 1.54) is 17.8 Å². The summed E-state index contributed by atoms with van der Waals surface area (Å²) < 4.78 is 13.5. The largest absolute Gasteiger partial charge is 0.481 e. The molecule has 0 saturated carbocycles. The van der Waals surface area contributed by atoms with Crippen molar-refractivity contribution in [1.29, 1.82) is 0 Å². The molecule has 0 fully saturated rings. The number of hydrogen-bond acceptors (Lipinski definition) is 2. The Morgan fingerprint density at radius 3 is 2.60 bits per heavy atom. The van der Waals surface area contributed by atoms with Gasteiger partial charge in [-0.1, -0.05) is 0 Å². The number of carbonyl (C=O) groups is 1. The molecule has 0 heterocycles. The van der Waals surface area contributed by atoms with Gasteiger partial charge in [-0.05, 0) is 42.9 Å². The third kappa shape index (κ3) is 2.50. The van der Waals surface area contributed by atoms with Gasteiger partial charge in [-0.25, -0.2) is 4.39 Å². The van der Waals surface area contributed by atoms with Gasteiger partial charge in [-0.2, -0.15) is 0 Å². The number of aryl methyl sites for hydroxylation is 1. The van der Waals surface area contributed by atoms with E-state index in [0.29, 0.717) is 10.5 Å². The summed E-state index contributed by atoms with van der Waals surface area (Å²) >= 11 is 1.25. The van der Waals surface area contributed by atoms with E-state index in [1.807, 2.05) is 6.92 Å². The third-order valence-corrected chi connectivity index (χ3v) is 3.26. The van der Waals surface area contributed by atoms with Crippen LogP contribution in [0.3, 0.4) is 0 Å². The van der Waals surface area contributed by atoms with Crippen LogP contribution in [0.2, 0.25) is 0 Å². The first kappa shape index (κ1) is 12.0. The molecular formula is C11H13FO2S. The molecule has 1 aromatic carbocycles. The van der Waals surface area contributed by atoms with Gasteiger partial charge < -0.3 is 5.11 Å². The minimum Gasteiger partial charge on any atom is -0.481 e. The fourth-order valence-corrected chi connectivity index (χ4v) is 2.23. The second kappa shape index (κ2) is 4.66. The highest BCUT2D eigenvalue weighted by molar-refractivity contribution is 7.98. The summed E-state index contributed by atoms with van der Waals surface area (Å²) in [5.74, 6) is -1.26. The van der Waals surface area contributed by atoms with Crippen molar-refractivity contribution in [1.82, 2.24) is 0 Å². The van der Waals surface area contributed by atoms with E-state index in [-0.39, 0.29) is 12.2 Å². The molecule has 0 saturated heterocycles. The van der Waals surface area contributed by atoms with Gasteiger partial charge in [0.15, 0.2) is 0 Å². The number of rotatable bonds is 3. The van der Waals surface area contributed by atoms with Crippen molar-refractivity contribution in [2.45, 2.75) is 25.2 Å². The Morgan fingerprint density at radius 1 is 1.53 bits per heavy atom. The molecule has 0 atom stereocenters. The highest BCUT2D eigenvalue weighted by atomic mass is 32.2. The van der Waals surface area contributed by atoms with Crippen molar-refractivity contribution in [3.8, 4) is 0 Å². The summed E-state index contributed by atoms with van der Waals surface area (Å²) in [6.45, 7) is 3.61. The molecule has 2 nitrogen and oxygen atoms in total. The lowest BCUT2D eigenvalue weighted by molar-refractivity contribution is -0.136. The topological polar surface area (TPSA) is 37.3 Å². The molecular weight excluding hydrogens is 215 g/mol. The van der Waals surface area contributed by atoms with Crippen molar-refractivity contribution in [2.75, 3.05) is 6.26 Å². The molecule has 1 rings (SSSR count). The maximum Gasteiger partial charge on any atom is 0.307 e. The molecule has 0 aromatic heterocycles. The predicted molar refractivity (Wildman–Crippen MR) is 59.0 cm³/mol. The van der Waals surface area contributed by atoms with Crippen LogP contribution < -0.4 is 0 Å². The number of halogens is 1. The van der Waals surface area contributed by atoms with Crippen molar-refractivity contribution < 1.29 is 14.3 Å². The maximum absolute atomic E-state index is 13.5. The van der Waals surface area contributed by atoms with E-state index in [0.717, 1.165) is 11.1 Å². The number of carboxylic acids is 1. The Bertz CT molecular complexity index is 402. The van der Waals surface area contributed by atoms with Crippen LogP contribution in [0.4, 0.5) is 4.39 Å². The first-order valence-corrected chi connectivity index (χ1v) is 5.74. The van der Waals surface area contributed by atoms with E-state index in [9.17, 15) is 9.18 Å². The molecule has 0 radical (unpaired) electrons. The van der Waals surface area contributed by atoms with Crippen LogP contribution in [0.25, 0.3) is 0 Å². The number of aliphatic carboxylic acids is 1. The molecule has 0 bridgehead atoms. The minimum absolute atomic E-state index is 0.124. The Morgan fingerprint density at radius 2 is 2.13 bits per heavy atom. The first-order valence-electron chi connectivity index (χ1n) is 4.51. The highest BCUT2D eigenvalue weighted by Crippen LogP contribution is 2.29. The fourth-order valence-electron chi connectivity index (χ4n) is 1.50. The van der Waals surface area contributed by atoms with Gasteiger partial charge in [0.1, 0.15) is 5.82 Å². The zero-order chi connectivity index (χ0) is 11.6. The van der Waals surface area contributed by atoms with Crippen LogP contribution in [0.15, 0.2) is 11.0 Å². The van der Waals surface area contributed by atoms with Crippen molar-refractivity contribution in [3.63, 3.8) is 0 Å². The molecule has 0 aliphatic carbocycles. The van der Waals surface area contributed by atoms with Crippen LogP contribution in [0.1, 0.15) is 16.7 Å². The average Bonchev–Trinajstić information content (AvgIpc) is 2.13. The third-order valence-electron chi connectivity index (χ3n) is 2.41. The van der Waals surface area contributed by atoms with Crippen molar-refractivity contribution in [3.05, 3.63) is 28.6 Å². The second-order valence-corrected chi connectivity index (χ2v) is 4.20. The molecule has 0 aliphatic heterocycles. The maximum atomic E-state index is 13.5. The molecule has 0 amide bonds. The van der Waals surface area contributed by atoms with E-state index in [4.69, 9.17) is 5.11 Å². The Kier molecular flexibility index (Phi) is 3.74. The Labute approximate surface area is 92.5 Å². The molecule has 1 aromatic rings. The summed E-state index contributed by atoms with van der Waals surface area (Å²) in [5.41, 5.74) is 2.25. The zero-order valence-electron chi connectivity index (χ0n) is 8.93. The monoisotopic (exact) mass is 228 g/mol. The molecule has 82 valence electrons. The van der Waals surface area contributed by atoms with Crippen LogP contribution in [-0.4, -0.2) is 17.3 Å². The molecule has 4 heteroatoms. The predicted octanol–water partition coefficient (Wildman–Crippen LogP) is 2.79. The molecule has 15 heavy (non-hydrogen) atoms. The van der Waals surface area contributed by atoms with E-state index >= 15 is 0 Å². The molecule has 0 spiro atoms. The second-order valence-electron chi connectivity index (χ2n) is 3.38. The van der Waals surface area contributed by atoms with Crippen LogP contribution in [0, 0.1) is 19.7 Å². The molecule has 0 unspecified atom stereocenters. The standard InChI is InChI=1S/C11H13FO2S/c1-6-4-9(12)11(15-3)8(7(6)2)5-10(13)14/h4H,5H2,1-3H3,(H,13,14). The summed E-state index contributed by atoms with van der Waals surface area (Å²) in [6.07, 6.45) is 1.62. The van der Waals surface area contributed by atoms with Crippen molar-refractivity contribution >= 4 is 17.7 Å².